The molecule has 7 heteroatoms. The number of H-pyrrole nitrogens is 1. The maximum Gasteiger partial charge on any atom is 0.156 e. The normalized spacial score (nSPS) is 14.3. The average molecular weight is 408 g/mol. The molecule has 1 aliphatic carbocycles. The van der Waals surface area contributed by atoms with Gasteiger partial charge in [0, 0.05) is 21.8 Å². The molecule has 5 rings (SSSR count). The lowest BCUT2D eigenvalue weighted by Crippen LogP contribution is -2.14. The second-order valence-electron chi connectivity index (χ2n) is 6.94. The summed E-state index contributed by atoms with van der Waals surface area (Å²) in [6.45, 7) is 0. The molecule has 0 bridgehead atoms. The highest BCUT2D eigenvalue weighted by Gasteiger charge is 2.23. The number of halogens is 1. The van der Waals surface area contributed by atoms with Gasteiger partial charge in [0.1, 0.15) is 5.03 Å². The zero-order chi connectivity index (χ0) is 19.1. The van der Waals surface area contributed by atoms with Gasteiger partial charge < -0.3 is 5.73 Å². The number of aromatic nitrogens is 4. The first-order valence-electron chi connectivity index (χ1n) is 9.21. The lowest BCUT2D eigenvalue weighted by molar-refractivity contribution is 0.521. The van der Waals surface area contributed by atoms with E-state index in [9.17, 15) is 0 Å². The van der Waals surface area contributed by atoms with Gasteiger partial charge in [-0.2, -0.15) is 5.10 Å². The van der Waals surface area contributed by atoms with Gasteiger partial charge in [0.15, 0.2) is 5.82 Å². The van der Waals surface area contributed by atoms with Crippen molar-refractivity contribution < 1.29 is 0 Å². The number of anilines is 1. The molecule has 0 aliphatic heterocycles. The van der Waals surface area contributed by atoms with Crippen LogP contribution in [0.2, 0.25) is 5.02 Å². The number of nitrogens with one attached hydrogen (secondary N) is 1. The van der Waals surface area contributed by atoms with Crippen LogP contribution in [0.25, 0.3) is 33.4 Å². The fourth-order valence-corrected chi connectivity index (χ4v) is 4.78. The minimum absolute atomic E-state index is 0.481. The van der Waals surface area contributed by atoms with Crippen LogP contribution >= 0.6 is 23.4 Å². The molecule has 0 amide bonds. The minimum Gasteiger partial charge on any atom is -0.381 e. The average Bonchev–Trinajstić information content (AvgIpc) is 3.15. The third-order valence-electron chi connectivity index (χ3n) is 5.04. The number of nitrogens with two attached hydrogens (primary N) is 1. The van der Waals surface area contributed by atoms with Crippen molar-refractivity contribution >= 4 is 40.1 Å². The molecule has 140 valence electrons. The Morgan fingerprint density at radius 1 is 1.04 bits per heavy atom. The van der Waals surface area contributed by atoms with E-state index >= 15 is 0 Å². The fourth-order valence-electron chi connectivity index (χ4n) is 3.32. The molecule has 28 heavy (non-hydrogen) atoms. The quantitative estimate of drug-likeness (QED) is 0.462. The Morgan fingerprint density at radius 2 is 1.82 bits per heavy atom. The predicted octanol–water partition coefficient (Wildman–Crippen LogP) is 5.57. The summed E-state index contributed by atoms with van der Waals surface area (Å²) >= 11 is 8.22. The third-order valence-corrected chi connectivity index (χ3v) is 6.67. The largest absolute Gasteiger partial charge is 0.381 e. The highest BCUT2D eigenvalue weighted by atomic mass is 35.5. The lowest BCUT2D eigenvalue weighted by atomic mass is 10.0. The number of hydrogen-bond acceptors (Lipinski definition) is 5. The molecule has 2 aromatic heterocycles. The molecule has 0 unspecified atom stereocenters. The highest BCUT2D eigenvalue weighted by Crippen LogP contribution is 2.41. The van der Waals surface area contributed by atoms with E-state index in [2.05, 4.69) is 10.2 Å². The molecule has 5 nitrogen and oxygen atoms in total. The number of fused-ring (bicyclic) bond motifs is 1. The van der Waals surface area contributed by atoms with Crippen molar-refractivity contribution in [2.45, 2.75) is 29.5 Å². The molecular formula is C21H18ClN5S. The van der Waals surface area contributed by atoms with Crippen molar-refractivity contribution in [1.82, 2.24) is 20.2 Å². The first-order valence-corrected chi connectivity index (χ1v) is 10.5. The van der Waals surface area contributed by atoms with Crippen molar-refractivity contribution in [3.63, 3.8) is 0 Å². The Balaban J connectivity index is 1.71. The Kier molecular flexibility index (Phi) is 4.45. The van der Waals surface area contributed by atoms with Crippen LogP contribution in [0.3, 0.4) is 0 Å². The molecule has 1 aliphatic rings. The minimum atomic E-state index is 0.481. The maximum absolute atomic E-state index is 6.49. The summed E-state index contributed by atoms with van der Waals surface area (Å²) in [7, 11) is 0. The van der Waals surface area contributed by atoms with E-state index in [1.807, 2.05) is 42.5 Å². The summed E-state index contributed by atoms with van der Waals surface area (Å²) in [5, 5.41) is 9.95. The van der Waals surface area contributed by atoms with Crippen molar-refractivity contribution in [2.24, 2.45) is 0 Å². The van der Waals surface area contributed by atoms with E-state index in [0.29, 0.717) is 16.1 Å². The zero-order valence-electron chi connectivity index (χ0n) is 15.0. The molecule has 0 spiro atoms. The molecule has 2 heterocycles. The monoisotopic (exact) mass is 407 g/mol. The molecule has 1 fully saturated rings. The van der Waals surface area contributed by atoms with Gasteiger partial charge in [0.25, 0.3) is 0 Å². The smallest absolute Gasteiger partial charge is 0.156 e. The van der Waals surface area contributed by atoms with Crippen molar-refractivity contribution in [2.75, 3.05) is 5.73 Å². The molecule has 0 atom stereocenters. The van der Waals surface area contributed by atoms with Gasteiger partial charge in [-0.05, 0) is 25.0 Å². The number of hydrogen-bond donors (Lipinski definition) is 2. The number of aromatic amines is 1. The van der Waals surface area contributed by atoms with Crippen LogP contribution in [0, 0.1) is 0 Å². The van der Waals surface area contributed by atoms with Crippen LogP contribution in [0.1, 0.15) is 19.3 Å². The molecule has 0 saturated heterocycles. The Morgan fingerprint density at radius 3 is 2.57 bits per heavy atom. The Bertz CT molecular complexity index is 1150. The van der Waals surface area contributed by atoms with Gasteiger partial charge >= 0.3 is 0 Å². The van der Waals surface area contributed by atoms with E-state index in [4.69, 9.17) is 27.3 Å². The standard InChI is InChI=1S/C21H18ClN5S/c22-16-10-13(9-14-11-24-27-17(14)16)19-18(12-5-2-1-3-6-12)25-20(23)21(26-19)28-15-7-4-8-15/h1-3,5-6,9-11,15H,4,7-8H2,(H2,23,25)(H,24,27). The summed E-state index contributed by atoms with van der Waals surface area (Å²) in [6.07, 6.45) is 5.44. The summed E-state index contributed by atoms with van der Waals surface area (Å²) in [4.78, 5) is 9.72. The number of nitrogen functional groups attached to an aromatic ring is 1. The van der Waals surface area contributed by atoms with E-state index in [0.717, 1.165) is 38.4 Å². The summed E-state index contributed by atoms with van der Waals surface area (Å²) in [5.74, 6) is 0.481. The van der Waals surface area contributed by atoms with E-state index in [-0.39, 0.29) is 0 Å². The van der Waals surface area contributed by atoms with Crippen LogP contribution in [-0.4, -0.2) is 25.4 Å². The van der Waals surface area contributed by atoms with Gasteiger partial charge in [-0.1, -0.05) is 60.1 Å². The SMILES string of the molecule is Nc1nc(-c2ccccc2)c(-c2cc(Cl)c3[nH]ncc3c2)nc1SC1CCC1. The van der Waals surface area contributed by atoms with E-state index < -0.39 is 0 Å². The number of nitrogens with zero attached hydrogens (tertiary/aromatic N) is 3. The van der Waals surface area contributed by atoms with Gasteiger partial charge in [-0.25, -0.2) is 9.97 Å². The zero-order valence-corrected chi connectivity index (χ0v) is 16.6. The third kappa shape index (κ3) is 3.12. The van der Waals surface area contributed by atoms with Crippen molar-refractivity contribution in [3.8, 4) is 22.5 Å². The van der Waals surface area contributed by atoms with Crippen molar-refractivity contribution in [1.29, 1.82) is 0 Å². The lowest BCUT2D eigenvalue weighted by Gasteiger charge is -2.24. The molecular weight excluding hydrogens is 390 g/mol. The first kappa shape index (κ1) is 17.5. The molecule has 2 aromatic carbocycles. The predicted molar refractivity (Wildman–Crippen MR) is 115 cm³/mol. The Labute approximate surface area is 171 Å². The van der Waals surface area contributed by atoms with Crippen LogP contribution in [0.5, 0.6) is 0 Å². The fraction of sp³-hybridized carbons (Fsp3) is 0.190. The summed E-state index contributed by atoms with van der Waals surface area (Å²) in [6, 6.07) is 13.9. The summed E-state index contributed by atoms with van der Waals surface area (Å²) < 4.78 is 0. The van der Waals surface area contributed by atoms with E-state index in [1.54, 1.807) is 18.0 Å². The highest BCUT2D eigenvalue weighted by molar-refractivity contribution is 8.00. The second-order valence-corrected chi connectivity index (χ2v) is 8.64. The topological polar surface area (TPSA) is 80.5 Å². The maximum atomic E-state index is 6.49. The van der Waals surface area contributed by atoms with Gasteiger partial charge in [-0.3, -0.25) is 5.10 Å². The van der Waals surface area contributed by atoms with Crippen LogP contribution in [-0.2, 0) is 0 Å². The number of rotatable bonds is 4. The molecule has 0 radical (unpaired) electrons. The summed E-state index contributed by atoms with van der Waals surface area (Å²) in [5.41, 5.74) is 10.5. The number of thioether (sulfide) groups is 1. The second kappa shape index (κ2) is 7.11. The molecule has 3 N–H and O–H groups in total. The first-order chi connectivity index (χ1) is 13.7. The molecule has 4 aromatic rings. The van der Waals surface area contributed by atoms with Gasteiger partial charge in [-0.15, -0.1) is 0 Å². The number of benzene rings is 2. The van der Waals surface area contributed by atoms with Gasteiger partial charge in [0.2, 0.25) is 0 Å². The van der Waals surface area contributed by atoms with Crippen LogP contribution in [0.4, 0.5) is 5.82 Å². The molecule has 1 saturated carbocycles. The van der Waals surface area contributed by atoms with Crippen LogP contribution < -0.4 is 5.73 Å². The van der Waals surface area contributed by atoms with Crippen molar-refractivity contribution in [3.05, 3.63) is 53.7 Å². The van der Waals surface area contributed by atoms with E-state index in [1.165, 1.54) is 19.3 Å². The Hall–Kier alpha value is -2.57. The van der Waals surface area contributed by atoms with Crippen LogP contribution in [0.15, 0.2) is 53.7 Å². The van der Waals surface area contributed by atoms with Gasteiger partial charge in [0.05, 0.1) is 28.1 Å².